The van der Waals surface area contributed by atoms with Gasteiger partial charge in [-0.3, -0.25) is 4.98 Å². The highest BCUT2D eigenvalue weighted by Gasteiger charge is 1.99. The molecule has 0 aliphatic carbocycles. The normalized spacial score (nSPS) is 10.2. The van der Waals surface area contributed by atoms with E-state index < -0.39 is 0 Å². The molecule has 0 aliphatic heterocycles. The standard InChI is InChI=1S/C13H15N3S/c1-2-15-12-8-14-9-13(16-12)17-10-11-6-4-3-5-7-11/h3-9H,2,10H2,1H3,(H,15,16). The third kappa shape index (κ3) is 3.75. The summed E-state index contributed by atoms with van der Waals surface area (Å²) >= 11 is 1.70. The number of thioether (sulfide) groups is 1. The maximum absolute atomic E-state index is 4.47. The van der Waals surface area contributed by atoms with E-state index >= 15 is 0 Å². The Labute approximate surface area is 106 Å². The fourth-order valence-corrected chi connectivity index (χ4v) is 2.22. The predicted molar refractivity (Wildman–Crippen MR) is 72.2 cm³/mol. The third-order valence-corrected chi connectivity index (χ3v) is 3.17. The van der Waals surface area contributed by atoms with Gasteiger partial charge in [-0.1, -0.05) is 30.3 Å². The van der Waals surface area contributed by atoms with E-state index in [-0.39, 0.29) is 0 Å². The van der Waals surface area contributed by atoms with Crippen LogP contribution in [0.25, 0.3) is 0 Å². The zero-order valence-corrected chi connectivity index (χ0v) is 10.6. The van der Waals surface area contributed by atoms with Gasteiger partial charge in [-0.2, -0.15) is 0 Å². The lowest BCUT2D eigenvalue weighted by molar-refractivity contribution is 1.03. The molecule has 3 nitrogen and oxygen atoms in total. The van der Waals surface area contributed by atoms with Crippen molar-refractivity contribution in [3.05, 3.63) is 48.3 Å². The first-order chi connectivity index (χ1) is 8.38. The quantitative estimate of drug-likeness (QED) is 0.821. The Morgan fingerprint density at radius 1 is 1.18 bits per heavy atom. The molecule has 2 aromatic rings. The Morgan fingerprint density at radius 2 is 2.00 bits per heavy atom. The lowest BCUT2D eigenvalue weighted by Gasteiger charge is -2.04. The van der Waals surface area contributed by atoms with E-state index in [0.717, 1.165) is 23.1 Å². The minimum atomic E-state index is 0.838. The number of anilines is 1. The molecular formula is C13H15N3S. The van der Waals surface area contributed by atoms with Crippen molar-refractivity contribution in [3.8, 4) is 0 Å². The van der Waals surface area contributed by atoms with Gasteiger partial charge < -0.3 is 5.32 Å². The van der Waals surface area contributed by atoms with Gasteiger partial charge in [0.1, 0.15) is 10.8 Å². The summed E-state index contributed by atoms with van der Waals surface area (Å²) in [4.78, 5) is 8.64. The van der Waals surface area contributed by atoms with E-state index in [1.165, 1.54) is 5.56 Å². The van der Waals surface area contributed by atoms with Crippen molar-refractivity contribution in [2.45, 2.75) is 17.7 Å². The summed E-state index contributed by atoms with van der Waals surface area (Å²) in [6.07, 6.45) is 3.55. The summed E-state index contributed by atoms with van der Waals surface area (Å²) in [5, 5.41) is 4.11. The van der Waals surface area contributed by atoms with Crippen LogP contribution in [0.2, 0.25) is 0 Å². The molecule has 1 N–H and O–H groups in total. The third-order valence-electron chi connectivity index (χ3n) is 2.20. The minimum Gasteiger partial charge on any atom is -0.369 e. The molecule has 0 amide bonds. The molecule has 0 bridgehead atoms. The highest BCUT2D eigenvalue weighted by Crippen LogP contribution is 2.20. The van der Waals surface area contributed by atoms with E-state index in [4.69, 9.17) is 0 Å². The Morgan fingerprint density at radius 3 is 2.76 bits per heavy atom. The van der Waals surface area contributed by atoms with E-state index in [1.54, 1.807) is 24.2 Å². The van der Waals surface area contributed by atoms with Gasteiger partial charge in [0.05, 0.1) is 12.4 Å². The molecule has 0 atom stereocenters. The molecule has 17 heavy (non-hydrogen) atoms. The summed E-state index contributed by atoms with van der Waals surface area (Å²) in [5.41, 5.74) is 1.30. The Balaban J connectivity index is 1.97. The van der Waals surface area contributed by atoms with Gasteiger partial charge in [0.2, 0.25) is 0 Å². The first-order valence-electron chi connectivity index (χ1n) is 5.61. The van der Waals surface area contributed by atoms with Gasteiger partial charge in [0.25, 0.3) is 0 Å². The largest absolute Gasteiger partial charge is 0.369 e. The molecule has 1 aromatic heterocycles. The van der Waals surface area contributed by atoms with E-state index in [0.29, 0.717) is 0 Å². The summed E-state index contributed by atoms with van der Waals surface area (Å²) in [6, 6.07) is 10.4. The zero-order valence-electron chi connectivity index (χ0n) is 9.76. The average molecular weight is 245 g/mol. The fourth-order valence-electron chi connectivity index (χ4n) is 1.42. The molecule has 4 heteroatoms. The van der Waals surface area contributed by atoms with Crippen LogP contribution in [-0.2, 0) is 5.75 Å². The number of rotatable bonds is 5. The van der Waals surface area contributed by atoms with Gasteiger partial charge >= 0.3 is 0 Å². The SMILES string of the molecule is CCNc1cncc(SCc2ccccc2)n1. The number of hydrogen-bond donors (Lipinski definition) is 1. The van der Waals surface area contributed by atoms with Crippen LogP contribution in [0.5, 0.6) is 0 Å². The van der Waals surface area contributed by atoms with Crippen LogP contribution in [-0.4, -0.2) is 16.5 Å². The first kappa shape index (κ1) is 11.9. The summed E-state index contributed by atoms with van der Waals surface area (Å²) < 4.78 is 0. The first-order valence-corrected chi connectivity index (χ1v) is 6.59. The van der Waals surface area contributed by atoms with Crippen molar-refractivity contribution >= 4 is 17.6 Å². The molecule has 0 unspecified atom stereocenters. The lowest BCUT2D eigenvalue weighted by Crippen LogP contribution is -2.00. The monoisotopic (exact) mass is 245 g/mol. The number of benzene rings is 1. The second-order valence-corrected chi connectivity index (χ2v) is 4.54. The van der Waals surface area contributed by atoms with Crippen molar-refractivity contribution < 1.29 is 0 Å². The number of hydrogen-bond acceptors (Lipinski definition) is 4. The summed E-state index contributed by atoms with van der Waals surface area (Å²) in [5.74, 6) is 1.76. The maximum atomic E-state index is 4.47. The van der Waals surface area contributed by atoms with Gasteiger partial charge in [-0.05, 0) is 12.5 Å². The minimum absolute atomic E-state index is 0.838. The Hall–Kier alpha value is -1.55. The summed E-state index contributed by atoms with van der Waals surface area (Å²) in [6.45, 7) is 2.91. The van der Waals surface area contributed by atoms with Crippen molar-refractivity contribution in [3.63, 3.8) is 0 Å². The van der Waals surface area contributed by atoms with Crippen LogP contribution in [0, 0.1) is 0 Å². The molecule has 0 radical (unpaired) electrons. The van der Waals surface area contributed by atoms with Crippen LogP contribution in [0.3, 0.4) is 0 Å². The molecule has 0 aliphatic rings. The van der Waals surface area contributed by atoms with Gasteiger partial charge in [-0.25, -0.2) is 4.98 Å². The van der Waals surface area contributed by atoms with Gasteiger partial charge in [0.15, 0.2) is 0 Å². The van der Waals surface area contributed by atoms with Crippen LogP contribution >= 0.6 is 11.8 Å². The highest BCUT2D eigenvalue weighted by atomic mass is 32.2. The maximum Gasteiger partial charge on any atom is 0.145 e. The number of nitrogens with zero attached hydrogens (tertiary/aromatic N) is 2. The molecule has 1 heterocycles. The Bertz CT molecular complexity index is 459. The molecule has 0 saturated heterocycles. The molecule has 1 aromatic carbocycles. The van der Waals surface area contributed by atoms with Gasteiger partial charge in [-0.15, -0.1) is 11.8 Å². The molecule has 0 spiro atoms. The zero-order chi connectivity index (χ0) is 11.9. The molecular weight excluding hydrogens is 230 g/mol. The molecule has 88 valence electrons. The smallest absolute Gasteiger partial charge is 0.145 e. The van der Waals surface area contributed by atoms with Crippen molar-refractivity contribution in [2.75, 3.05) is 11.9 Å². The van der Waals surface area contributed by atoms with Crippen LogP contribution in [0.4, 0.5) is 5.82 Å². The predicted octanol–water partition coefficient (Wildman–Crippen LogP) is 3.20. The van der Waals surface area contributed by atoms with Crippen LogP contribution < -0.4 is 5.32 Å². The average Bonchev–Trinajstić information content (AvgIpc) is 2.39. The highest BCUT2D eigenvalue weighted by molar-refractivity contribution is 7.98. The van der Waals surface area contributed by atoms with Crippen molar-refractivity contribution in [1.29, 1.82) is 0 Å². The van der Waals surface area contributed by atoms with Crippen molar-refractivity contribution in [1.82, 2.24) is 9.97 Å². The van der Waals surface area contributed by atoms with Crippen LogP contribution in [0.1, 0.15) is 12.5 Å². The fraction of sp³-hybridized carbons (Fsp3) is 0.231. The van der Waals surface area contributed by atoms with Crippen molar-refractivity contribution in [2.24, 2.45) is 0 Å². The molecule has 2 rings (SSSR count). The second-order valence-electron chi connectivity index (χ2n) is 3.55. The number of aromatic nitrogens is 2. The molecule has 0 saturated carbocycles. The Kier molecular flexibility index (Phi) is 4.38. The van der Waals surface area contributed by atoms with Gasteiger partial charge in [0, 0.05) is 12.3 Å². The lowest BCUT2D eigenvalue weighted by atomic mass is 10.2. The summed E-state index contributed by atoms with van der Waals surface area (Å²) in [7, 11) is 0. The van der Waals surface area contributed by atoms with E-state index in [1.807, 2.05) is 13.0 Å². The van der Waals surface area contributed by atoms with E-state index in [2.05, 4.69) is 39.6 Å². The van der Waals surface area contributed by atoms with Crippen LogP contribution in [0.15, 0.2) is 47.8 Å². The molecule has 0 fully saturated rings. The second kappa shape index (κ2) is 6.25. The topological polar surface area (TPSA) is 37.8 Å². The number of nitrogens with one attached hydrogen (secondary N) is 1. The van der Waals surface area contributed by atoms with E-state index in [9.17, 15) is 0 Å².